The number of aromatic nitrogens is 2. The number of furan rings is 1. The van der Waals surface area contributed by atoms with Gasteiger partial charge in [0, 0.05) is 5.39 Å². The van der Waals surface area contributed by atoms with Crippen LogP contribution >= 0.6 is 0 Å². The molecular weight excluding hydrogens is 252 g/mol. The molecule has 0 radical (unpaired) electrons. The summed E-state index contributed by atoms with van der Waals surface area (Å²) in [7, 11) is 0. The van der Waals surface area contributed by atoms with Gasteiger partial charge in [0.2, 0.25) is 5.78 Å². The van der Waals surface area contributed by atoms with Crippen molar-refractivity contribution in [3.05, 3.63) is 58.6 Å². The van der Waals surface area contributed by atoms with Crippen molar-refractivity contribution < 1.29 is 9.21 Å². The molecule has 2 aromatic heterocycles. The first-order chi connectivity index (χ1) is 9.54. The van der Waals surface area contributed by atoms with Crippen molar-refractivity contribution in [2.45, 2.75) is 20.8 Å². The average Bonchev–Trinajstić information content (AvgIpc) is 2.83. The topological polar surface area (TPSA) is 56.0 Å². The molecule has 0 aliphatic rings. The molecule has 0 aliphatic heterocycles. The Morgan fingerprint density at radius 1 is 1.05 bits per heavy atom. The summed E-state index contributed by atoms with van der Waals surface area (Å²) in [4.78, 5) is 12.5. The van der Waals surface area contributed by atoms with Crippen LogP contribution in [0, 0.1) is 20.8 Å². The van der Waals surface area contributed by atoms with E-state index in [2.05, 4.69) is 10.2 Å². The molecule has 3 aromatic rings. The van der Waals surface area contributed by atoms with Gasteiger partial charge in [-0.05, 0) is 45.0 Å². The van der Waals surface area contributed by atoms with Gasteiger partial charge in [-0.1, -0.05) is 11.6 Å². The zero-order valence-electron chi connectivity index (χ0n) is 11.6. The number of rotatable bonds is 2. The number of benzene rings is 1. The summed E-state index contributed by atoms with van der Waals surface area (Å²) in [6, 6.07) is 9.36. The fourth-order valence-corrected chi connectivity index (χ4v) is 2.19. The second-order valence-electron chi connectivity index (χ2n) is 4.97. The highest BCUT2D eigenvalue weighted by atomic mass is 16.3. The van der Waals surface area contributed by atoms with Crippen molar-refractivity contribution in [2.24, 2.45) is 0 Å². The predicted octanol–water partition coefficient (Wildman–Crippen LogP) is 3.38. The van der Waals surface area contributed by atoms with Gasteiger partial charge in [0.15, 0.2) is 5.76 Å². The van der Waals surface area contributed by atoms with E-state index < -0.39 is 0 Å². The molecule has 4 heteroatoms. The third-order valence-corrected chi connectivity index (χ3v) is 3.24. The Morgan fingerprint density at radius 3 is 2.65 bits per heavy atom. The fraction of sp³-hybridized carbons (Fsp3) is 0.188. The predicted molar refractivity (Wildman–Crippen MR) is 75.9 cm³/mol. The molecule has 2 heterocycles. The molecule has 100 valence electrons. The van der Waals surface area contributed by atoms with E-state index in [1.807, 2.05) is 32.0 Å². The van der Waals surface area contributed by atoms with Crippen LogP contribution in [0.3, 0.4) is 0 Å². The van der Waals surface area contributed by atoms with Crippen LogP contribution in [0.2, 0.25) is 0 Å². The Bertz CT molecular complexity index is 818. The maximum Gasteiger partial charge on any atom is 0.230 e. The normalized spacial score (nSPS) is 10.9. The molecule has 0 amide bonds. The summed E-state index contributed by atoms with van der Waals surface area (Å²) >= 11 is 0. The lowest BCUT2D eigenvalue weighted by Crippen LogP contribution is -2.06. The van der Waals surface area contributed by atoms with Crippen LogP contribution in [0.1, 0.15) is 33.1 Å². The minimum atomic E-state index is -0.158. The molecule has 0 fully saturated rings. The van der Waals surface area contributed by atoms with Crippen LogP contribution in [0.15, 0.2) is 34.7 Å². The quantitative estimate of drug-likeness (QED) is 0.667. The van der Waals surface area contributed by atoms with Crippen molar-refractivity contribution in [3.8, 4) is 0 Å². The second-order valence-corrected chi connectivity index (χ2v) is 4.97. The van der Waals surface area contributed by atoms with Gasteiger partial charge in [0.25, 0.3) is 0 Å². The van der Waals surface area contributed by atoms with Crippen LogP contribution in [0.4, 0.5) is 0 Å². The average molecular weight is 266 g/mol. The van der Waals surface area contributed by atoms with Gasteiger partial charge >= 0.3 is 0 Å². The summed E-state index contributed by atoms with van der Waals surface area (Å²) in [5, 5.41) is 8.85. The number of carbonyl (C=O) groups is 1. The second kappa shape index (κ2) is 4.56. The van der Waals surface area contributed by atoms with Crippen LogP contribution < -0.4 is 0 Å². The number of ketones is 1. The maximum atomic E-state index is 12.5. The minimum absolute atomic E-state index is 0.158. The lowest BCUT2D eigenvalue weighted by molar-refractivity contribution is 0.101. The van der Waals surface area contributed by atoms with E-state index in [-0.39, 0.29) is 5.78 Å². The summed E-state index contributed by atoms with van der Waals surface area (Å²) in [5.41, 5.74) is 3.71. The fourth-order valence-electron chi connectivity index (χ4n) is 2.19. The molecule has 20 heavy (non-hydrogen) atoms. The lowest BCUT2D eigenvalue weighted by atomic mass is 10.1. The van der Waals surface area contributed by atoms with Crippen molar-refractivity contribution >= 4 is 16.8 Å². The summed E-state index contributed by atoms with van der Waals surface area (Å²) in [6.45, 7) is 5.59. The van der Waals surface area contributed by atoms with Crippen LogP contribution in [-0.2, 0) is 0 Å². The molecule has 1 aromatic carbocycles. The summed E-state index contributed by atoms with van der Waals surface area (Å²) in [6.07, 6.45) is 0. The molecule has 4 nitrogen and oxygen atoms in total. The lowest BCUT2D eigenvalue weighted by Gasteiger charge is -2.01. The van der Waals surface area contributed by atoms with Crippen molar-refractivity contribution in [1.29, 1.82) is 0 Å². The van der Waals surface area contributed by atoms with E-state index in [9.17, 15) is 4.79 Å². The Balaban J connectivity index is 2.10. The molecular formula is C16H14N2O2. The van der Waals surface area contributed by atoms with Crippen molar-refractivity contribution in [1.82, 2.24) is 10.2 Å². The first-order valence-electron chi connectivity index (χ1n) is 6.40. The van der Waals surface area contributed by atoms with E-state index in [0.29, 0.717) is 22.7 Å². The first-order valence-corrected chi connectivity index (χ1v) is 6.40. The standard InChI is InChI=1S/C16H14N2O2/c1-9-4-5-14-12(6-9)8-15(20-14)16(19)13-7-10(2)17-18-11(13)3/h4-8H,1-3H3. The van der Waals surface area contributed by atoms with Gasteiger partial charge in [-0.2, -0.15) is 10.2 Å². The van der Waals surface area contributed by atoms with Crippen LogP contribution in [0.25, 0.3) is 11.0 Å². The van der Waals surface area contributed by atoms with E-state index in [4.69, 9.17) is 4.42 Å². The molecule has 0 bridgehead atoms. The molecule has 0 unspecified atom stereocenters. The molecule has 0 spiro atoms. The molecule has 3 rings (SSSR count). The number of hydrogen-bond acceptors (Lipinski definition) is 4. The Labute approximate surface area is 116 Å². The molecule has 0 N–H and O–H groups in total. The number of carbonyl (C=O) groups excluding carboxylic acids is 1. The van der Waals surface area contributed by atoms with Crippen molar-refractivity contribution in [2.75, 3.05) is 0 Å². The Hall–Kier alpha value is -2.49. The van der Waals surface area contributed by atoms with Gasteiger partial charge in [0.1, 0.15) is 5.58 Å². The monoisotopic (exact) mass is 266 g/mol. The third-order valence-electron chi connectivity index (χ3n) is 3.24. The highest BCUT2D eigenvalue weighted by molar-refractivity contribution is 6.09. The number of nitrogens with zero attached hydrogens (tertiary/aromatic N) is 2. The summed E-state index contributed by atoms with van der Waals surface area (Å²) < 4.78 is 5.64. The Morgan fingerprint density at radius 2 is 1.85 bits per heavy atom. The van der Waals surface area contributed by atoms with E-state index in [0.717, 1.165) is 16.5 Å². The largest absolute Gasteiger partial charge is 0.453 e. The molecule has 0 atom stereocenters. The van der Waals surface area contributed by atoms with Crippen LogP contribution in [0.5, 0.6) is 0 Å². The number of aryl methyl sites for hydroxylation is 3. The van der Waals surface area contributed by atoms with Crippen LogP contribution in [-0.4, -0.2) is 16.0 Å². The van der Waals surface area contributed by atoms with E-state index in [1.54, 1.807) is 19.1 Å². The number of fused-ring (bicyclic) bond motifs is 1. The summed E-state index contributed by atoms with van der Waals surface area (Å²) in [5.74, 6) is 0.176. The Kier molecular flexibility index (Phi) is 2.86. The van der Waals surface area contributed by atoms with Crippen molar-refractivity contribution in [3.63, 3.8) is 0 Å². The smallest absolute Gasteiger partial charge is 0.230 e. The van der Waals surface area contributed by atoms with E-state index >= 15 is 0 Å². The highest BCUT2D eigenvalue weighted by Gasteiger charge is 2.18. The highest BCUT2D eigenvalue weighted by Crippen LogP contribution is 2.23. The maximum absolute atomic E-state index is 12.5. The van der Waals surface area contributed by atoms with Gasteiger partial charge < -0.3 is 4.42 Å². The van der Waals surface area contributed by atoms with Gasteiger partial charge in [-0.3, -0.25) is 4.79 Å². The molecule has 0 saturated carbocycles. The SMILES string of the molecule is Cc1ccc2oc(C(=O)c3cc(C)nnc3C)cc2c1. The third kappa shape index (κ3) is 2.09. The number of hydrogen-bond donors (Lipinski definition) is 0. The van der Waals surface area contributed by atoms with Gasteiger partial charge in [-0.25, -0.2) is 0 Å². The first kappa shape index (κ1) is 12.5. The zero-order chi connectivity index (χ0) is 14.3. The minimum Gasteiger partial charge on any atom is -0.453 e. The van der Waals surface area contributed by atoms with Gasteiger partial charge in [-0.15, -0.1) is 0 Å². The molecule has 0 saturated heterocycles. The molecule has 0 aliphatic carbocycles. The zero-order valence-corrected chi connectivity index (χ0v) is 11.6. The van der Waals surface area contributed by atoms with E-state index in [1.165, 1.54) is 0 Å². The van der Waals surface area contributed by atoms with Gasteiger partial charge in [0.05, 0.1) is 17.0 Å².